The van der Waals surface area contributed by atoms with Crippen molar-refractivity contribution in [2.45, 2.75) is 95.3 Å². The van der Waals surface area contributed by atoms with Crippen LogP contribution >= 0.6 is 24.1 Å². The summed E-state index contributed by atoms with van der Waals surface area (Å²) in [7, 11) is -2.18. The Morgan fingerprint density at radius 2 is 1.62 bits per heavy atom. The van der Waals surface area contributed by atoms with E-state index in [0.29, 0.717) is 25.1 Å². The van der Waals surface area contributed by atoms with Crippen LogP contribution in [0.15, 0.2) is 94.4 Å². The van der Waals surface area contributed by atoms with Crippen molar-refractivity contribution in [2.24, 2.45) is 5.41 Å². The number of nitrogens with zero attached hydrogens (tertiary/aromatic N) is 3. The lowest BCUT2D eigenvalue weighted by atomic mass is 9.81. The molecule has 0 aromatic heterocycles. The van der Waals surface area contributed by atoms with Gasteiger partial charge in [0.1, 0.15) is 12.3 Å². The molecule has 0 amide bonds. The largest absolute Gasteiger partial charge is 0.344 e. The van der Waals surface area contributed by atoms with Gasteiger partial charge in [0.15, 0.2) is 5.71 Å². The standard InChI is InChI=1S/C41H55N3O9S3/c1-10-43-34-24-22-31(56(48,49)42(9)25-16-20-38(45)39(2,3)4)29-33(34)41(7,8)36(43)18-14-12-11-13-15-19-37-40(5,6)32-28-30(55-53-51-47)21-23-35(32)44(37)26-17-27-54-52-50-46/h11-15,18-19,21-24,28-29H,10,16-17,20,25-27H2,1-9H3,(H-,46,47)/p+1. The third-order valence-corrected chi connectivity index (χ3v) is 13.3. The molecule has 4 rings (SSSR count). The zero-order valence-corrected chi connectivity index (χ0v) is 36.2. The fourth-order valence-corrected chi connectivity index (χ4v) is 9.11. The molecule has 2 aromatic rings. The smallest absolute Gasteiger partial charge is 0.242 e. The number of benzene rings is 2. The number of rotatable bonds is 20. The van der Waals surface area contributed by atoms with Crippen LogP contribution < -0.4 is 4.90 Å². The third kappa shape index (κ3) is 10.5. The molecule has 0 saturated heterocycles. The van der Waals surface area contributed by atoms with Gasteiger partial charge in [-0.05, 0) is 69.2 Å². The van der Waals surface area contributed by atoms with Crippen LogP contribution in [-0.4, -0.2) is 71.7 Å². The Hall–Kier alpha value is -3.09. The van der Waals surface area contributed by atoms with E-state index in [4.69, 9.17) is 10.5 Å². The first-order valence-electron chi connectivity index (χ1n) is 18.6. The molecule has 0 aliphatic carbocycles. The molecule has 0 atom stereocenters. The van der Waals surface area contributed by atoms with Crippen molar-refractivity contribution in [3.05, 3.63) is 95.8 Å². The van der Waals surface area contributed by atoms with Crippen LogP contribution in [0, 0.1) is 5.41 Å². The summed E-state index contributed by atoms with van der Waals surface area (Å²) in [5.41, 5.74) is 5.03. The molecular formula is C41H56N3O9S3+. The summed E-state index contributed by atoms with van der Waals surface area (Å²) >= 11 is 1.95. The van der Waals surface area contributed by atoms with Gasteiger partial charge in [-0.3, -0.25) is 4.79 Å². The van der Waals surface area contributed by atoms with Crippen LogP contribution in [0.25, 0.3) is 0 Å². The van der Waals surface area contributed by atoms with Crippen LogP contribution in [0.1, 0.15) is 85.8 Å². The van der Waals surface area contributed by atoms with Crippen molar-refractivity contribution in [3.8, 4) is 0 Å². The summed E-state index contributed by atoms with van der Waals surface area (Å²) in [6.45, 7) is 18.0. The first-order valence-corrected chi connectivity index (χ1v) is 21.7. The number of carbonyl (C=O) groups is 1. The normalized spacial score (nSPS) is 17.4. The van der Waals surface area contributed by atoms with Gasteiger partial charge in [0.2, 0.25) is 15.7 Å². The maximum Gasteiger partial charge on any atom is 0.242 e. The van der Waals surface area contributed by atoms with Gasteiger partial charge in [0.25, 0.3) is 0 Å². The molecular weight excluding hydrogens is 775 g/mol. The molecule has 2 aromatic carbocycles. The Balaban J connectivity index is 1.50. The minimum atomic E-state index is -3.75. The zero-order chi connectivity index (χ0) is 41.3. The molecule has 56 heavy (non-hydrogen) atoms. The number of hydrogen-bond donors (Lipinski definition) is 2. The minimum absolute atomic E-state index is 0.121. The summed E-state index contributed by atoms with van der Waals surface area (Å²) < 4.78 is 40.1. The van der Waals surface area contributed by atoms with Crippen LogP contribution in [0.2, 0.25) is 0 Å². The Morgan fingerprint density at radius 3 is 2.30 bits per heavy atom. The second-order valence-electron chi connectivity index (χ2n) is 15.7. The first kappa shape index (κ1) is 45.6. The van der Waals surface area contributed by atoms with Gasteiger partial charge in [-0.1, -0.05) is 75.1 Å². The molecule has 0 bridgehead atoms. The van der Waals surface area contributed by atoms with Gasteiger partial charge in [-0.25, -0.2) is 23.2 Å². The number of hydrogen-bond acceptors (Lipinski definition) is 12. The number of ketones is 1. The number of sulfonamides is 1. The maximum atomic E-state index is 13.6. The second kappa shape index (κ2) is 19.6. The number of anilines is 1. The number of Topliss-reactive ketones (excluding diaryl/α,β-unsaturated/α-hetero) is 1. The second-order valence-corrected chi connectivity index (χ2v) is 19.3. The summed E-state index contributed by atoms with van der Waals surface area (Å²) in [4.78, 5) is 15.6. The SMILES string of the molecule is CCN1/C(=C/C=C/C=C/C=C/C2=[N+](CCCSOOO)c3ccc(SOOO)cc3C2(C)C)C(C)(C)c2cc(S(=O)(=O)N(C)CCCC(=O)C(C)(C)C)ccc21. The highest BCUT2D eigenvalue weighted by molar-refractivity contribution is 7.94. The Bertz CT molecular complexity index is 1980. The molecule has 306 valence electrons. The van der Waals surface area contributed by atoms with Crippen molar-refractivity contribution in [2.75, 3.05) is 37.3 Å². The lowest BCUT2D eigenvalue weighted by molar-refractivity contribution is -0.438. The van der Waals surface area contributed by atoms with E-state index in [1.54, 1.807) is 19.2 Å². The van der Waals surface area contributed by atoms with Crippen molar-refractivity contribution in [1.82, 2.24) is 4.31 Å². The molecule has 0 spiro atoms. The van der Waals surface area contributed by atoms with E-state index in [0.717, 1.165) is 75.9 Å². The number of fused-ring (bicyclic) bond motifs is 2. The predicted molar refractivity (Wildman–Crippen MR) is 223 cm³/mol. The molecule has 2 heterocycles. The number of allylic oxidation sites excluding steroid dienone is 8. The van der Waals surface area contributed by atoms with Crippen LogP contribution in [0.5, 0.6) is 0 Å². The summed E-state index contributed by atoms with van der Waals surface area (Å²) in [5, 5.41) is 24.6. The highest BCUT2D eigenvalue weighted by atomic mass is 32.2. The van der Waals surface area contributed by atoms with E-state index in [-0.39, 0.29) is 22.6 Å². The van der Waals surface area contributed by atoms with E-state index in [1.165, 1.54) is 4.31 Å². The summed E-state index contributed by atoms with van der Waals surface area (Å²) in [5.74, 6) is 0.729. The Labute approximate surface area is 340 Å². The average Bonchev–Trinajstić information content (AvgIpc) is 3.50. The molecule has 15 heteroatoms. The van der Waals surface area contributed by atoms with Crippen molar-refractivity contribution in [3.63, 3.8) is 0 Å². The van der Waals surface area contributed by atoms with Crippen LogP contribution in [0.3, 0.4) is 0 Å². The van der Waals surface area contributed by atoms with Gasteiger partial charge in [0, 0.05) is 95.6 Å². The maximum absolute atomic E-state index is 13.6. The molecule has 0 radical (unpaired) electrons. The van der Waals surface area contributed by atoms with Gasteiger partial charge < -0.3 is 4.90 Å². The number of carbonyl (C=O) groups excluding carboxylic acids is 1. The zero-order valence-electron chi connectivity index (χ0n) is 33.8. The predicted octanol–water partition coefficient (Wildman–Crippen LogP) is 9.34. The number of likely N-dealkylation sites (N-methyl/N-ethyl adjacent to an activating group) is 1. The van der Waals surface area contributed by atoms with Gasteiger partial charge in [-0.2, -0.15) is 4.58 Å². The average molecular weight is 831 g/mol. The van der Waals surface area contributed by atoms with E-state index < -0.39 is 20.9 Å². The fourth-order valence-electron chi connectivity index (χ4n) is 7.12. The first-order chi connectivity index (χ1) is 26.4. The van der Waals surface area contributed by atoms with E-state index in [2.05, 4.69) is 75.0 Å². The fraction of sp³-hybridized carbons (Fsp3) is 0.463. The van der Waals surface area contributed by atoms with Gasteiger partial charge >= 0.3 is 0 Å². The lowest BCUT2D eigenvalue weighted by Gasteiger charge is -2.25. The topological polar surface area (TPSA) is 138 Å². The quantitative estimate of drug-likeness (QED) is 0.0329. The van der Waals surface area contributed by atoms with Crippen LogP contribution in [-0.2, 0) is 44.4 Å². The Morgan fingerprint density at radius 1 is 0.929 bits per heavy atom. The highest BCUT2D eigenvalue weighted by Crippen LogP contribution is 2.48. The monoisotopic (exact) mass is 830 g/mol. The minimum Gasteiger partial charge on any atom is -0.344 e. The van der Waals surface area contributed by atoms with E-state index in [9.17, 15) is 13.2 Å². The Kier molecular flexibility index (Phi) is 15.9. The highest BCUT2D eigenvalue weighted by Gasteiger charge is 2.44. The summed E-state index contributed by atoms with van der Waals surface area (Å²) in [6.07, 6.45) is 15.7. The molecule has 2 aliphatic heterocycles. The van der Waals surface area contributed by atoms with Crippen LogP contribution in [0.4, 0.5) is 11.4 Å². The van der Waals surface area contributed by atoms with Crippen molar-refractivity contribution >= 4 is 57.0 Å². The molecule has 0 fully saturated rings. The summed E-state index contributed by atoms with van der Waals surface area (Å²) in [6, 6.07) is 11.3. The van der Waals surface area contributed by atoms with E-state index in [1.807, 2.05) is 75.4 Å². The van der Waals surface area contributed by atoms with Crippen molar-refractivity contribution < 1.29 is 47.0 Å². The third-order valence-electron chi connectivity index (χ3n) is 10.3. The van der Waals surface area contributed by atoms with E-state index >= 15 is 0 Å². The molecule has 0 unspecified atom stereocenters. The molecule has 0 saturated carbocycles. The molecule has 2 N–H and O–H groups in total. The molecule has 12 nitrogen and oxygen atoms in total. The lowest BCUT2D eigenvalue weighted by Crippen LogP contribution is -2.29. The van der Waals surface area contributed by atoms with Gasteiger partial charge in [0.05, 0.1) is 22.4 Å². The molecule has 2 aliphatic rings. The van der Waals surface area contributed by atoms with Gasteiger partial charge in [-0.15, -0.1) is 8.67 Å². The van der Waals surface area contributed by atoms with Crippen molar-refractivity contribution in [1.29, 1.82) is 0 Å².